The van der Waals surface area contributed by atoms with Gasteiger partial charge in [-0.25, -0.2) is 0 Å². The average molecular weight is 268 g/mol. The highest BCUT2D eigenvalue weighted by Crippen LogP contribution is 2.25. The number of rotatable bonds is 5. The molecule has 0 bridgehead atoms. The summed E-state index contributed by atoms with van der Waals surface area (Å²) >= 11 is 0. The van der Waals surface area contributed by atoms with Gasteiger partial charge in [0.1, 0.15) is 0 Å². The molecule has 0 aromatic heterocycles. The molecule has 0 saturated heterocycles. The monoisotopic (exact) mass is 268 g/mol. The van der Waals surface area contributed by atoms with Crippen LogP contribution in [0.2, 0.25) is 0 Å². The molecule has 0 radical (unpaired) electrons. The highest BCUT2D eigenvalue weighted by atomic mass is 14.9. The first kappa shape index (κ1) is 14.4. The van der Waals surface area contributed by atoms with E-state index >= 15 is 0 Å². The largest absolute Gasteiger partial charge is 0.382 e. The van der Waals surface area contributed by atoms with Gasteiger partial charge < -0.3 is 10.6 Å². The van der Waals surface area contributed by atoms with E-state index < -0.39 is 0 Å². The van der Waals surface area contributed by atoms with E-state index in [1.165, 1.54) is 16.8 Å². The van der Waals surface area contributed by atoms with Gasteiger partial charge in [-0.05, 0) is 62.6 Å². The lowest BCUT2D eigenvalue weighted by Gasteiger charge is -2.17. The number of hydrogen-bond donors (Lipinski definition) is 2. The number of para-hydroxylation sites is 1. The lowest BCUT2D eigenvalue weighted by Crippen LogP contribution is -2.14. The van der Waals surface area contributed by atoms with Gasteiger partial charge in [0.05, 0.1) is 0 Å². The van der Waals surface area contributed by atoms with Crippen LogP contribution in [0.5, 0.6) is 0 Å². The van der Waals surface area contributed by atoms with Crippen LogP contribution in [0.25, 0.3) is 0 Å². The van der Waals surface area contributed by atoms with E-state index in [2.05, 4.69) is 80.8 Å². The normalized spacial score (nSPS) is 12.0. The third kappa shape index (κ3) is 3.53. The topological polar surface area (TPSA) is 24.1 Å². The van der Waals surface area contributed by atoms with Gasteiger partial charge in [0.2, 0.25) is 0 Å². The van der Waals surface area contributed by atoms with E-state index in [-0.39, 0.29) is 0 Å². The molecular formula is C18H24N2. The molecule has 2 aromatic rings. The number of aryl methyl sites for hydroxylation is 2. The Morgan fingerprint density at radius 1 is 0.950 bits per heavy atom. The second kappa shape index (κ2) is 6.47. The Morgan fingerprint density at radius 3 is 2.35 bits per heavy atom. The van der Waals surface area contributed by atoms with Crippen molar-refractivity contribution in [2.24, 2.45) is 0 Å². The van der Waals surface area contributed by atoms with Crippen molar-refractivity contribution >= 4 is 17.1 Å². The predicted molar refractivity (Wildman–Crippen MR) is 89.0 cm³/mol. The van der Waals surface area contributed by atoms with Crippen molar-refractivity contribution in [3.63, 3.8) is 0 Å². The third-order valence-corrected chi connectivity index (χ3v) is 3.66. The van der Waals surface area contributed by atoms with Crippen LogP contribution >= 0.6 is 0 Å². The van der Waals surface area contributed by atoms with Gasteiger partial charge in [-0.2, -0.15) is 0 Å². The van der Waals surface area contributed by atoms with Crippen molar-refractivity contribution in [1.82, 2.24) is 0 Å². The lowest BCUT2D eigenvalue weighted by molar-refractivity contribution is 0.763. The van der Waals surface area contributed by atoms with Crippen molar-refractivity contribution in [1.29, 1.82) is 0 Å². The zero-order chi connectivity index (χ0) is 14.5. The third-order valence-electron chi connectivity index (χ3n) is 3.66. The van der Waals surface area contributed by atoms with Crippen LogP contribution in [-0.4, -0.2) is 6.04 Å². The van der Waals surface area contributed by atoms with Crippen molar-refractivity contribution in [3.8, 4) is 0 Å². The van der Waals surface area contributed by atoms with Gasteiger partial charge in [0.15, 0.2) is 0 Å². The van der Waals surface area contributed by atoms with Gasteiger partial charge >= 0.3 is 0 Å². The van der Waals surface area contributed by atoms with Crippen molar-refractivity contribution in [2.45, 2.75) is 40.2 Å². The molecule has 1 unspecified atom stereocenters. The van der Waals surface area contributed by atoms with E-state index in [1.54, 1.807) is 0 Å². The Labute approximate surface area is 122 Å². The molecule has 0 fully saturated rings. The second-order valence-electron chi connectivity index (χ2n) is 5.42. The summed E-state index contributed by atoms with van der Waals surface area (Å²) in [5.41, 5.74) is 6.03. The lowest BCUT2D eigenvalue weighted by atomic mass is 10.1. The minimum Gasteiger partial charge on any atom is -0.382 e. The summed E-state index contributed by atoms with van der Waals surface area (Å²) in [7, 11) is 0. The van der Waals surface area contributed by atoms with Gasteiger partial charge in [0, 0.05) is 23.1 Å². The number of hydrogen-bond acceptors (Lipinski definition) is 2. The second-order valence-corrected chi connectivity index (χ2v) is 5.42. The van der Waals surface area contributed by atoms with E-state index in [0.717, 1.165) is 17.8 Å². The predicted octanol–water partition coefficient (Wildman–Crippen LogP) is 5.26. The molecule has 0 amide bonds. The maximum atomic E-state index is 3.53. The summed E-state index contributed by atoms with van der Waals surface area (Å²) in [5, 5.41) is 7.01. The van der Waals surface area contributed by atoms with Crippen LogP contribution in [0, 0.1) is 13.8 Å². The molecule has 2 rings (SSSR count). The molecule has 0 aliphatic carbocycles. The Kier molecular flexibility index (Phi) is 4.67. The average Bonchev–Trinajstić information content (AvgIpc) is 2.44. The Hall–Kier alpha value is -1.96. The van der Waals surface area contributed by atoms with E-state index in [4.69, 9.17) is 0 Å². The van der Waals surface area contributed by atoms with E-state index in [0.29, 0.717) is 6.04 Å². The van der Waals surface area contributed by atoms with Gasteiger partial charge in [-0.15, -0.1) is 0 Å². The van der Waals surface area contributed by atoms with Crippen LogP contribution < -0.4 is 10.6 Å². The van der Waals surface area contributed by atoms with Gasteiger partial charge in [-0.1, -0.05) is 25.1 Å². The fraction of sp³-hybridized carbons (Fsp3) is 0.333. The smallest absolute Gasteiger partial charge is 0.0413 e. The van der Waals surface area contributed by atoms with Crippen LogP contribution in [0.1, 0.15) is 31.4 Å². The Balaban J connectivity index is 2.15. The molecule has 0 aliphatic rings. The standard InChI is InChI=1S/C18H24N2/c1-5-15(4)19-18-11-10-16(12-14(18)3)20-17-9-7-6-8-13(17)2/h6-12,15,19-20H,5H2,1-4H3. The van der Waals surface area contributed by atoms with Crippen molar-refractivity contribution in [2.75, 3.05) is 10.6 Å². The maximum Gasteiger partial charge on any atom is 0.0413 e. The van der Waals surface area contributed by atoms with Crippen molar-refractivity contribution in [3.05, 3.63) is 53.6 Å². The number of nitrogens with one attached hydrogen (secondary N) is 2. The molecule has 2 heteroatoms. The minimum absolute atomic E-state index is 0.504. The SMILES string of the molecule is CCC(C)Nc1ccc(Nc2ccccc2C)cc1C. The Morgan fingerprint density at radius 2 is 1.70 bits per heavy atom. The van der Waals surface area contributed by atoms with Gasteiger partial charge in [0.25, 0.3) is 0 Å². The molecular weight excluding hydrogens is 244 g/mol. The summed E-state index contributed by atoms with van der Waals surface area (Å²) < 4.78 is 0. The first-order valence-electron chi connectivity index (χ1n) is 7.30. The number of anilines is 3. The van der Waals surface area contributed by atoms with Crippen LogP contribution in [-0.2, 0) is 0 Å². The van der Waals surface area contributed by atoms with Crippen LogP contribution in [0.15, 0.2) is 42.5 Å². The van der Waals surface area contributed by atoms with Gasteiger partial charge in [-0.3, -0.25) is 0 Å². The Bertz CT molecular complexity index is 575. The molecule has 106 valence electrons. The minimum atomic E-state index is 0.504. The summed E-state index contributed by atoms with van der Waals surface area (Å²) in [5.74, 6) is 0. The summed E-state index contributed by atoms with van der Waals surface area (Å²) in [6.45, 7) is 8.67. The summed E-state index contributed by atoms with van der Waals surface area (Å²) in [6, 6.07) is 15.3. The highest BCUT2D eigenvalue weighted by molar-refractivity contribution is 5.67. The molecule has 0 spiro atoms. The molecule has 2 aromatic carbocycles. The van der Waals surface area contributed by atoms with Crippen molar-refractivity contribution < 1.29 is 0 Å². The molecule has 20 heavy (non-hydrogen) atoms. The molecule has 0 heterocycles. The fourth-order valence-electron chi connectivity index (χ4n) is 2.14. The number of benzene rings is 2. The molecule has 2 N–H and O–H groups in total. The molecule has 1 atom stereocenters. The first-order valence-corrected chi connectivity index (χ1v) is 7.30. The van der Waals surface area contributed by atoms with Crippen LogP contribution in [0.4, 0.5) is 17.1 Å². The zero-order valence-electron chi connectivity index (χ0n) is 12.8. The summed E-state index contributed by atoms with van der Waals surface area (Å²) in [6.07, 6.45) is 1.13. The maximum absolute atomic E-state index is 3.53. The molecule has 0 saturated carbocycles. The summed E-state index contributed by atoms with van der Waals surface area (Å²) in [4.78, 5) is 0. The van der Waals surface area contributed by atoms with E-state index in [9.17, 15) is 0 Å². The first-order chi connectivity index (χ1) is 9.60. The zero-order valence-corrected chi connectivity index (χ0v) is 12.8. The quantitative estimate of drug-likeness (QED) is 0.773. The van der Waals surface area contributed by atoms with Crippen LogP contribution in [0.3, 0.4) is 0 Å². The van der Waals surface area contributed by atoms with E-state index in [1.807, 2.05) is 0 Å². The fourth-order valence-corrected chi connectivity index (χ4v) is 2.14. The molecule has 2 nitrogen and oxygen atoms in total. The highest BCUT2D eigenvalue weighted by Gasteiger charge is 2.04. The molecule has 0 aliphatic heterocycles.